The smallest absolute Gasteiger partial charge is 0.350 e. The molecule has 3 aromatic rings. The second-order valence-corrected chi connectivity index (χ2v) is 5.80. The molecule has 0 atom stereocenters. The van der Waals surface area contributed by atoms with Crippen LogP contribution in [0.4, 0.5) is 5.95 Å². The predicted octanol–water partition coefficient (Wildman–Crippen LogP) is 3.36. The molecule has 5 heteroatoms. The topological polar surface area (TPSA) is 59.8 Å². The summed E-state index contributed by atoms with van der Waals surface area (Å²) in [6.07, 6.45) is 3.27. The molecule has 128 valence electrons. The molecule has 0 saturated carbocycles. The number of aromatic nitrogens is 3. The monoisotopic (exact) mass is 334 g/mol. The SMILES string of the molecule is CCc1cccc(CC)c1-n1cnc(NCc2ccccc2)nc1=O. The lowest BCUT2D eigenvalue weighted by molar-refractivity contribution is 0.831. The van der Waals surface area contributed by atoms with Crippen LogP contribution in [0, 0.1) is 0 Å². The Morgan fingerprint density at radius 3 is 2.24 bits per heavy atom. The lowest BCUT2D eigenvalue weighted by Crippen LogP contribution is -2.25. The van der Waals surface area contributed by atoms with E-state index in [-0.39, 0.29) is 5.69 Å². The summed E-state index contributed by atoms with van der Waals surface area (Å²) in [5.41, 5.74) is 3.94. The van der Waals surface area contributed by atoms with Crippen LogP contribution in [0.25, 0.3) is 5.69 Å². The van der Waals surface area contributed by atoms with Gasteiger partial charge in [0.25, 0.3) is 0 Å². The molecule has 3 rings (SSSR count). The van der Waals surface area contributed by atoms with Gasteiger partial charge in [-0.1, -0.05) is 62.4 Å². The number of aryl methyl sites for hydroxylation is 2. The van der Waals surface area contributed by atoms with E-state index in [2.05, 4.69) is 29.1 Å². The highest BCUT2D eigenvalue weighted by Crippen LogP contribution is 2.19. The lowest BCUT2D eigenvalue weighted by atomic mass is 10.0. The maximum absolute atomic E-state index is 12.6. The van der Waals surface area contributed by atoms with Crippen molar-refractivity contribution >= 4 is 5.95 Å². The van der Waals surface area contributed by atoms with Crippen molar-refractivity contribution in [2.75, 3.05) is 5.32 Å². The summed E-state index contributed by atoms with van der Waals surface area (Å²) in [6.45, 7) is 4.75. The van der Waals surface area contributed by atoms with E-state index in [1.54, 1.807) is 10.9 Å². The zero-order valence-electron chi connectivity index (χ0n) is 14.6. The highest BCUT2D eigenvalue weighted by Gasteiger charge is 2.11. The normalized spacial score (nSPS) is 10.6. The van der Waals surface area contributed by atoms with Crippen LogP contribution in [0.2, 0.25) is 0 Å². The number of nitrogens with zero attached hydrogens (tertiary/aromatic N) is 3. The summed E-state index contributed by atoms with van der Waals surface area (Å²) in [6, 6.07) is 16.1. The summed E-state index contributed by atoms with van der Waals surface area (Å²) in [5, 5.41) is 3.10. The van der Waals surface area contributed by atoms with Crippen LogP contribution in [0.15, 0.2) is 59.7 Å². The van der Waals surface area contributed by atoms with E-state index in [0.29, 0.717) is 12.5 Å². The van der Waals surface area contributed by atoms with E-state index >= 15 is 0 Å². The standard InChI is InChI=1S/C20H22N4O/c1-3-16-11-8-12-17(4-2)18(16)24-14-22-19(23-20(24)25)21-13-15-9-6-5-7-10-15/h5-12,14H,3-4,13H2,1-2H3,(H,21,23,25). The number of anilines is 1. The highest BCUT2D eigenvalue weighted by atomic mass is 16.1. The summed E-state index contributed by atoms with van der Waals surface area (Å²) in [5.74, 6) is 0.345. The summed E-state index contributed by atoms with van der Waals surface area (Å²) in [7, 11) is 0. The Balaban J connectivity index is 1.89. The molecule has 5 nitrogen and oxygen atoms in total. The third kappa shape index (κ3) is 3.76. The molecule has 0 amide bonds. The van der Waals surface area contributed by atoms with Gasteiger partial charge in [-0.2, -0.15) is 4.98 Å². The van der Waals surface area contributed by atoms with Crippen molar-refractivity contribution < 1.29 is 0 Å². The molecule has 2 aromatic carbocycles. The minimum Gasteiger partial charge on any atom is -0.350 e. The maximum Gasteiger partial charge on any atom is 0.356 e. The molecule has 0 aliphatic carbocycles. The number of hydrogen-bond donors (Lipinski definition) is 1. The number of hydrogen-bond acceptors (Lipinski definition) is 4. The minimum absolute atomic E-state index is 0.318. The molecule has 1 aromatic heterocycles. The Morgan fingerprint density at radius 1 is 0.960 bits per heavy atom. The third-order valence-corrected chi connectivity index (χ3v) is 4.20. The van der Waals surface area contributed by atoms with Crippen molar-refractivity contribution in [1.82, 2.24) is 14.5 Å². The Hall–Kier alpha value is -2.95. The average molecular weight is 334 g/mol. The van der Waals surface area contributed by atoms with Gasteiger partial charge in [0.05, 0.1) is 5.69 Å². The summed E-state index contributed by atoms with van der Waals surface area (Å²) < 4.78 is 1.55. The van der Waals surface area contributed by atoms with Crippen LogP contribution < -0.4 is 11.0 Å². The first-order valence-electron chi connectivity index (χ1n) is 8.57. The largest absolute Gasteiger partial charge is 0.356 e. The Morgan fingerprint density at radius 2 is 1.64 bits per heavy atom. The van der Waals surface area contributed by atoms with Gasteiger partial charge in [0.15, 0.2) is 0 Å². The van der Waals surface area contributed by atoms with E-state index in [1.807, 2.05) is 48.5 Å². The van der Waals surface area contributed by atoms with Crippen LogP contribution in [0.5, 0.6) is 0 Å². The van der Waals surface area contributed by atoms with Crippen LogP contribution in [-0.4, -0.2) is 14.5 Å². The van der Waals surface area contributed by atoms with Crippen LogP contribution in [0.3, 0.4) is 0 Å². The summed E-state index contributed by atoms with van der Waals surface area (Å²) >= 11 is 0. The van der Waals surface area contributed by atoms with Gasteiger partial charge >= 0.3 is 5.69 Å². The lowest BCUT2D eigenvalue weighted by Gasteiger charge is -2.14. The minimum atomic E-state index is -0.318. The van der Waals surface area contributed by atoms with E-state index in [9.17, 15) is 4.79 Å². The molecule has 1 heterocycles. The fourth-order valence-corrected chi connectivity index (χ4v) is 2.88. The number of para-hydroxylation sites is 1. The quantitative estimate of drug-likeness (QED) is 0.751. The molecule has 0 radical (unpaired) electrons. The van der Waals surface area contributed by atoms with Crippen LogP contribution in [0.1, 0.15) is 30.5 Å². The van der Waals surface area contributed by atoms with Gasteiger partial charge in [0.1, 0.15) is 6.33 Å². The first-order chi connectivity index (χ1) is 12.2. The predicted molar refractivity (Wildman–Crippen MR) is 100 cm³/mol. The fourth-order valence-electron chi connectivity index (χ4n) is 2.88. The molecule has 1 N–H and O–H groups in total. The van der Waals surface area contributed by atoms with Gasteiger partial charge in [-0.05, 0) is 29.5 Å². The van der Waals surface area contributed by atoms with Crippen molar-refractivity contribution in [3.63, 3.8) is 0 Å². The molecule has 0 aliphatic heterocycles. The maximum atomic E-state index is 12.6. The van der Waals surface area contributed by atoms with Crippen LogP contribution in [-0.2, 0) is 19.4 Å². The fraction of sp³-hybridized carbons (Fsp3) is 0.250. The average Bonchev–Trinajstić information content (AvgIpc) is 2.66. The zero-order valence-corrected chi connectivity index (χ0v) is 14.6. The van der Waals surface area contributed by atoms with E-state index < -0.39 is 0 Å². The van der Waals surface area contributed by atoms with E-state index in [0.717, 1.165) is 35.2 Å². The molecule has 0 fully saturated rings. The van der Waals surface area contributed by atoms with Crippen molar-refractivity contribution in [3.05, 3.63) is 82.0 Å². The molecular weight excluding hydrogens is 312 g/mol. The van der Waals surface area contributed by atoms with Gasteiger partial charge in [-0.3, -0.25) is 4.57 Å². The second-order valence-electron chi connectivity index (χ2n) is 5.80. The molecule has 0 unspecified atom stereocenters. The summed E-state index contributed by atoms with van der Waals surface area (Å²) in [4.78, 5) is 21.0. The van der Waals surface area contributed by atoms with Gasteiger partial charge in [0.2, 0.25) is 5.95 Å². The van der Waals surface area contributed by atoms with Crippen molar-refractivity contribution in [2.24, 2.45) is 0 Å². The van der Waals surface area contributed by atoms with Crippen molar-refractivity contribution in [1.29, 1.82) is 0 Å². The number of benzene rings is 2. The first-order valence-corrected chi connectivity index (χ1v) is 8.57. The molecule has 25 heavy (non-hydrogen) atoms. The third-order valence-electron chi connectivity index (χ3n) is 4.20. The zero-order chi connectivity index (χ0) is 17.6. The Labute approximate surface area is 147 Å². The van der Waals surface area contributed by atoms with Gasteiger partial charge in [-0.15, -0.1) is 0 Å². The first kappa shape index (κ1) is 16.9. The van der Waals surface area contributed by atoms with Crippen LogP contribution >= 0.6 is 0 Å². The Kier molecular flexibility index (Phi) is 5.23. The van der Waals surface area contributed by atoms with Crippen molar-refractivity contribution in [3.8, 4) is 5.69 Å². The van der Waals surface area contributed by atoms with E-state index in [4.69, 9.17) is 0 Å². The number of nitrogens with one attached hydrogen (secondary N) is 1. The molecule has 0 spiro atoms. The molecule has 0 bridgehead atoms. The molecule has 0 saturated heterocycles. The highest BCUT2D eigenvalue weighted by molar-refractivity contribution is 5.48. The van der Waals surface area contributed by atoms with Crippen molar-refractivity contribution in [2.45, 2.75) is 33.2 Å². The van der Waals surface area contributed by atoms with Gasteiger partial charge in [0, 0.05) is 6.54 Å². The van der Waals surface area contributed by atoms with Gasteiger partial charge in [-0.25, -0.2) is 9.78 Å². The van der Waals surface area contributed by atoms with Gasteiger partial charge < -0.3 is 5.32 Å². The molecule has 0 aliphatic rings. The number of rotatable bonds is 6. The van der Waals surface area contributed by atoms with E-state index in [1.165, 1.54) is 0 Å². The second kappa shape index (κ2) is 7.75. The Bertz CT molecular complexity index is 881. The molecular formula is C20H22N4O.